The molecule has 1 saturated heterocycles. The van der Waals surface area contributed by atoms with Crippen LogP contribution in [0.25, 0.3) is 0 Å². The van der Waals surface area contributed by atoms with Gasteiger partial charge in [-0.2, -0.15) is 0 Å². The highest BCUT2D eigenvalue weighted by Gasteiger charge is 2.50. The highest BCUT2D eigenvalue weighted by molar-refractivity contribution is 5.63. The van der Waals surface area contributed by atoms with Crippen molar-refractivity contribution in [2.75, 3.05) is 0 Å². The van der Waals surface area contributed by atoms with Crippen LogP contribution >= 0.6 is 0 Å². The van der Waals surface area contributed by atoms with E-state index in [0.717, 1.165) is 23.3 Å². The van der Waals surface area contributed by atoms with Crippen LogP contribution in [0.4, 0.5) is 17.1 Å². The minimum absolute atomic E-state index is 0.258. The van der Waals surface area contributed by atoms with E-state index in [9.17, 15) is 30.3 Å². The van der Waals surface area contributed by atoms with Gasteiger partial charge in [0.2, 0.25) is 0 Å². The summed E-state index contributed by atoms with van der Waals surface area (Å²) in [6, 6.07) is 8.62. The van der Waals surface area contributed by atoms with Gasteiger partial charge >= 0.3 is 0 Å². The van der Waals surface area contributed by atoms with Gasteiger partial charge in [-0.3, -0.25) is 30.3 Å². The van der Waals surface area contributed by atoms with E-state index >= 15 is 0 Å². The number of nitro benzene ring substituents is 3. The lowest BCUT2D eigenvalue weighted by Gasteiger charge is -2.02. The maximum absolute atomic E-state index is 11.3. The predicted molar refractivity (Wildman–Crippen MR) is 84.2 cm³/mol. The summed E-state index contributed by atoms with van der Waals surface area (Å²) in [7, 11) is 0. The lowest BCUT2D eigenvalue weighted by molar-refractivity contribution is -0.404. The Labute approximate surface area is 140 Å². The molecule has 10 heteroatoms. The number of aryl methyl sites for hydroxylation is 1. The van der Waals surface area contributed by atoms with E-state index in [2.05, 4.69) is 0 Å². The van der Waals surface area contributed by atoms with Crippen molar-refractivity contribution >= 4 is 17.1 Å². The Bertz CT molecular complexity index is 859. The Morgan fingerprint density at radius 2 is 1.36 bits per heavy atom. The maximum atomic E-state index is 11.3. The normalized spacial score (nSPS) is 18.6. The number of hydrogen-bond acceptors (Lipinski definition) is 7. The Kier molecular flexibility index (Phi) is 3.89. The molecular weight excluding hydrogens is 334 g/mol. The van der Waals surface area contributed by atoms with Crippen molar-refractivity contribution in [1.82, 2.24) is 0 Å². The van der Waals surface area contributed by atoms with Crippen LogP contribution in [0, 0.1) is 37.3 Å². The van der Waals surface area contributed by atoms with E-state index in [1.165, 1.54) is 0 Å². The summed E-state index contributed by atoms with van der Waals surface area (Å²) in [5.41, 5.74) is -0.632. The van der Waals surface area contributed by atoms with E-state index < -0.39 is 44.0 Å². The Morgan fingerprint density at radius 1 is 0.840 bits per heavy atom. The van der Waals surface area contributed by atoms with E-state index in [-0.39, 0.29) is 5.56 Å². The molecule has 10 nitrogen and oxygen atoms in total. The van der Waals surface area contributed by atoms with Crippen LogP contribution in [0.2, 0.25) is 0 Å². The summed E-state index contributed by atoms with van der Waals surface area (Å²) in [4.78, 5) is 30.8. The van der Waals surface area contributed by atoms with Crippen molar-refractivity contribution in [3.8, 4) is 0 Å². The highest BCUT2D eigenvalue weighted by Crippen LogP contribution is 2.56. The molecule has 0 aromatic heterocycles. The first-order valence-electron chi connectivity index (χ1n) is 7.12. The van der Waals surface area contributed by atoms with Crippen LogP contribution in [0.1, 0.15) is 28.9 Å². The second kappa shape index (κ2) is 5.91. The minimum Gasteiger partial charge on any atom is -0.359 e. The Morgan fingerprint density at radius 3 is 1.80 bits per heavy atom. The molecule has 0 bridgehead atoms. The third-order valence-electron chi connectivity index (χ3n) is 3.91. The van der Waals surface area contributed by atoms with Crippen molar-refractivity contribution in [2.45, 2.75) is 19.1 Å². The number of epoxide rings is 1. The Balaban J connectivity index is 2.09. The van der Waals surface area contributed by atoms with Crippen molar-refractivity contribution in [1.29, 1.82) is 0 Å². The topological polar surface area (TPSA) is 142 Å². The second-order valence-corrected chi connectivity index (χ2v) is 5.56. The summed E-state index contributed by atoms with van der Waals surface area (Å²) < 4.78 is 5.43. The molecule has 2 aromatic rings. The fraction of sp³-hybridized carbons (Fsp3) is 0.200. The highest BCUT2D eigenvalue weighted by atomic mass is 16.6. The first-order valence-corrected chi connectivity index (χ1v) is 7.12. The molecule has 0 amide bonds. The number of rotatable bonds is 5. The number of ether oxygens (including phenoxy) is 1. The standard InChI is InChI=1S/C15H11N3O7/c1-8-2-4-9(5-3-8)14-15(25-14)13-11(17(21)22)6-10(16(19)20)7-12(13)18(23)24/h2-7,14-15H,1H3. The molecule has 2 unspecified atom stereocenters. The van der Waals surface area contributed by atoms with Gasteiger partial charge < -0.3 is 4.74 Å². The van der Waals surface area contributed by atoms with Crippen LogP contribution in [0.15, 0.2) is 36.4 Å². The number of benzene rings is 2. The number of non-ortho nitro benzene ring substituents is 1. The van der Waals surface area contributed by atoms with E-state index in [1.54, 1.807) is 12.1 Å². The van der Waals surface area contributed by atoms with E-state index in [1.807, 2.05) is 19.1 Å². The molecule has 2 atom stereocenters. The molecular formula is C15H11N3O7. The number of hydrogen-bond donors (Lipinski definition) is 0. The third-order valence-corrected chi connectivity index (χ3v) is 3.91. The number of nitro groups is 3. The average Bonchev–Trinajstić information content (AvgIpc) is 3.34. The second-order valence-electron chi connectivity index (χ2n) is 5.56. The van der Waals surface area contributed by atoms with E-state index in [0.29, 0.717) is 0 Å². The van der Waals surface area contributed by atoms with Gasteiger partial charge in [-0.1, -0.05) is 29.8 Å². The lowest BCUT2D eigenvalue weighted by atomic mass is 10.00. The third kappa shape index (κ3) is 3.02. The monoisotopic (exact) mass is 345 g/mol. The first-order chi connectivity index (χ1) is 11.8. The minimum atomic E-state index is -0.908. The van der Waals surface area contributed by atoms with E-state index in [4.69, 9.17) is 4.74 Å². The molecule has 1 fully saturated rings. The summed E-state index contributed by atoms with van der Waals surface area (Å²) in [5.74, 6) is 0. The van der Waals surface area contributed by atoms with Gasteiger partial charge in [-0.05, 0) is 12.5 Å². The Hall–Kier alpha value is -3.40. The predicted octanol–water partition coefficient (Wildman–Crippen LogP) is 3.53. The molecule has 3 rings (SSSR count). The van der Waals surface area contributed by atoms with Crippen LogP contribution in [0.5, 0.6) is 0 Å². The quantitative estimate of drug-likeness (QED) is 0.458. The summed E-state index contributed by atoms with van der Waals surface area (Å²) in [6.07, 6.45) is -1.47. The van der Waals surface area contributed by atoms with Crippen molar-refractivity contribution in [3.05, 3.63) is 83.4 Å². The molecule has 1 heterocycles. The van der Waals surface area contributed by atoms with Gasteiger partial charge in [0.15, 0.2) is 0 Å². The molecule has 25 heavy (non-hydrogen) atoms. The zero-order chi connectivity index (χ0) is 18.3. The van der Waals surface area contributed by atoms with Crippen LogP contribution in [-0.2, 0) is 4.74 Å². The molecule has 1 aliphatic rings. The van der Waals surface area contributed by atoms with Gasteiger partial charge in [0.05, 0.1) is 26.9 Å². The van der Waals surface area contributed by atoms with Crippen molar-refractivity contribution in [2.24, 2.45) is 0 Å². The molecule has 0 saturated carbocycles. The maximum Gasteiger partial charge on any atom is 0.289 e. The van der Waals surface area contributed by atoms with Gasteiger partial charge in [0, 0.05) is 0 Å². The zero-order valence-electron chi connectivity index (χ0n) is 12.8. The lowest BCUT2D eigenvalue weighted by Crippen LogP contribution is -2.03. The SMILES string of the molecule is Cc1ccc(C2OC2c2c([N+](=O)[O-])cc([N+](=O)[O-])cc2[N+](=O)[O-])cc1. The summed E-state index contributed by atoms with van der Waals surface area (Å²) >= 11 is 0. The van der Waals surface area contributed by atoms with Gasteiger partial charge in [-0.25, -0.2) is 0 Å². The van der Waals surface area contributed by atoms with Crippen molar-refractivity contribution in [3.63, 3.8) is 0 Å². The molecule has 0 N–H and O–H groups in total. The van der Waals surface area contributed by atoms with Crippen LogP contribution in [0.3, 0.4) is 0 Å². The fourth-order valence-corrected chi connectivity index (χ4v) is 2.65. The molecule has 2 aromatic carbocycles. The summed E-state index contributed by atoms with van der Waals surface area (Å²) in [5, 5.41) is 33.5. The average molecular weight is 345 g/mol. The van der Waals surface area contributed by atoms with Gasteiger partial charge in [-0.15, -0.1) is 0 Å². The first kappa shape index (κ1) is 16.5. The molecule has 128 valence electrons. The molecule has 0 spiro atoms. The largest absolute Gasteiger partial charge is 0.359 e. The van der Waals surface area contributed by atoms with Crippen molar-refractivity contribution < 1.29 is 19.5 Å². The molecule has 0 aliphatic carbocycles. The molecule has 0 radical (unpaired) electrons. The molecule has 1 aliphatic heterocycles. The van der Waals surface area contributed by atoms with Gasteiger partial charge in [0.25, 0.3) is 17.1 Å². The number of nitrogens with zero attached hydrogens (tertiary/aromatic N) is 3. The van der Waals surface area contributed by atoms with Gasteiger partial charge in [0.1, 0.15) is 17.8 Å². The fourth-order valence-electron chi connectivity index (χ4n) is 2.65. The van der Waals surface area contributed by atoms with Crippen LogP contribution in [-0.4, -0.2) is 14.8 Å². The van der Waals surface area contributed by atoms with Crippen LogP contribution < -0.4 is 0 Å². The zero-order valence-corrected chi connectivity index (χ0v) is 12.8. The smallest absolute Gasteiger partial charge is 0.289 e. The summed E-state index contributed by atoms with van der Waals surface area (Å²) in [6.45, 7) is 1.89.